The van der Waals surface area contributed by atoms with Crippen molar-refractivity contribution in [2.24, 2.45) is 0 Å². The van der Waals surface area contributed by atoms with Crippen LogP contribution in [0.2, 0.25) is 0 Å². The highest BCUT2D eigenvalue weighted by atomic mass is 79.9. The first-order chi connectivity index (χ1) is 8.94. The fraction of sp³-hybridized carbons (Fsp3) is 0.462. The molecule has 0 amide bonds. The SMILES string of the molecule is COc1c(O)c(F)cc(Br)c1C1(C(=O)O)CCCC1. The van der Waals surface area contributed by atoms with Crippen LogP contribution in [0, 0.1) is 5.82 Å². The van der Waals surface area contributed by atoms with E-state index in [1.807, 2.05) is 0 Å². The van der Waals surface area contributed by atoms with Gasteiger partial charge in [0, 0.05) is 10.0 Å². The Morgan fingerprint density at radius 2 is 2.05 bits per heavy atom. The van der Waals surface area contributed by atoms with Crippen LogP contribution in [0.5, 0.6) is 11.5 Å². The standard InChI is InChI=1S/C13H14BrFO4/c1-19-11-9(7(14)6-8(15)10(11)16)13(12(17)18)4-2-3-5-13/h6,16H,2-5H2,1H3,(H,17,18). The predicted octanol–water partition coefficient (Wildman–Crippen LogP) is 3.20. The van der Waals surface area contributed by atoms with Crippen molar-refractivity contribution in [2.45, 2.75) is 31.1 Å². The van der Waals surface area contributed by atoms with E-state index in [2.05, 4.69) is 15.9 Å². The molecule has 1 aliphatic carbocycles. The van der Waals surface area contributed by atoms with Crippen molar-refractivity contribution in [1.82, 2.24) is 0 Å². The molecule has 0 unspecified atom stereocenters. The molecule has 0 saturated heterocycles. The normalized spacial score (nSPS) is 17.4. The van der Waals surface area contributed by atoms with Gasteiger partial charge in [0.15, 0.2) is 17.3 Å². The second kappa shape index (κ2) is 5.00. The van der Waals surface area contributed by atoms with E-state index in [1.54, 1.807) is 0 Å². The maximum atomic E-state index is 13.5. The van der Waals surface area contributed by atoms with Crippen molar-refractivity contribution >= 4 is 21.9 Å². The van der Waals surface area contributed by atoms with Gasteiger partial charge in [-0.1, -0.05) is 28.8 Å². The lowest BCUT2D eigenvalue weighted by atomic mass is 9.78. The van der Waals surface area contributed by atoms with Crippen LogP contribution in [0.15, 0.2) is 10.5 Å². The number of hydrogen-bond donors (Lipinski definition) is 2. The van der Waals surface area contributed by atoms with E-state index in [1.165, 1.54) is 7.11 Å². The van der Waals surface area contributed by atoms with Crippen LogP contribution in [0.1, 0.15) is 31.2 Å². The summed E-state index contributed by atoms with van der Waals surface area (Å²) in [5.41, 5.74) is -0.811. The number of halogens is 2. The van der Waals surface area contributed by atoms with Crippen molar-refractivity contribution < 1.29 is 24.1 Å². The molecule has 2 rings (SSSR count). The quantitative estimate of drug-likeness (QED) is 0.891. The number of aromatic hydroxyl groups is 1. The fourth-order valence-corrected chi connectivity index (χ4v) is 3.54. The summed E-state index contributed by atoms with van der Waals surface area (Å²) in [6, 6.07) is 1.08. The van der Waals surface area contributed by atoms with Gasteiger partial charge in [-0.15, -0.1) is 0 Å². The van der Waals surface area contributed by atoms with Gasteiger partial charge in [-0.2, -0.15) is 0 Å². The monoisotopic (exact) mass is 332 g/mol. The number of carboxylic acid groups (broad SMARTS) is 1. The summed E-state index contributed by atoms with van der Waals surface area (Å²) in [6.07, 6.45) is 2.45. The zero-order valence-electron chi connectivity index (χ0n) is 10.4. The molecule has 1 aromatic rings. The number of rotatable bonds is 3. The molecule has 0 spiro atoms. The maximum absolute atomic E-state index is 13.5. The summed E-state index contributed by atoms with van der Waals surface area (Å²) in [7, 11) is 1.29. The number of carbonyl (C=O) groups is 1. The highest BCUT2D eigenvalue weighted by Gasteiger charge is 2.47. The van der Waals surface area contributed by atoms with E-state index in [0.717, 1.165) is 18.9 Å². The van der Waals surface area contributed by atoms with E-state index in [0.29, 0.717) is 22.9 Å². The number of carboxylic acids is 1. The third-order valence-corrected chi connectivity index (χ3v) is 4.34. The molecule has 2 N–H and O–H groups in total. The molecule has 1 aliphatic rings. The predicted molar refractivity (Wildman–Crippen MR) is 70.1 cm³/mol. The molecule has 1 aromatic carbocycles. The molecular weight excluding hydrogens is 319 g/mol. The van der Waals surface area contributed by atoms with Gasteiger partial charge in [0.05, 0.1) is 12.5 Å². The van der Waals surface area contributed by atoms with Crippen LogP contribution in [0.25, 0.3) is 0 Å². The molecule has 6 heteroatoms. The van der Waals surface area contributed by atoms with E-state index in [9.17, 15) is 19.4 Å². The molecule has 104 valence electrons. The third kappa shape index (κ3) is 2.08. The average Bonchev–Trinajstić information content (AvgIpc) is 2.83. The summed E-state index contributed by atoms with van der Waals surface area (Å²) in [4.78, 5) is 11.7. The molecule has 0 heterocycles. The van der Waals surface area contributed by atoms with Crippen molar-refractivity contribution in [3.05, 3.63) is 21.9 Å². The Morgan fingerprint density at radius 1 is 1.47 bits per heavy atom. The lowest BCUT2D eigenvalue weighted by Crippen LogP contribution is -2.33. The molecular formula is C13H14BrFO4. The summed E-state index contributed by atoms with van der Waals surface area (Å²) in [5.74, 6) is -2.56. The van der Waals surface area contributed by atoms with Gasteiger partial charge < -0.3 is 14.9 Å². The Kier molecular flexibility index (Phi) is 3.71. The lowest BCUT2D eigenvalue weighted by molar-refractivity contribution is -0.143. The van der Waals surface area contributed by atoms with E-state index in [-0.39, 0.29) is 5.75 Å². The number of methoxy groups -OCH3 is 1. The van der Waals surface area contributed by atoms with Gasteiger partial charge in [0.25, 0.3) is 0 Å². The first kappa shape index (κ1) is 14.1. The number of ether oxygens (including phenoxy) is 1. The molecule has 0 radical (unpaired) electrons. The maximum Gasteiger partial charge on any atom is 0.314 e. The van der Waals surface area contributed by atoms with E-state index in [4.69, 9.17) is 4.74 Å². The summed E-state index contributed by atoms with van der Waals surface area (Å²) >= 11 is 3.19. The highest BCUT2D eigenvalue weighted by molar-refractivity contribution is 9.10. The first-order valence-electron chi connectivity index (χ1n) is 5.93. The smallest absolute Gasteiger partial charge is 0.314 e. The minimum absolute atomic E-state index is 0.101. The van der Waals surface area contributed by atoms with Crippen molar-refractivity contribution in [3.8, 4) is 11.5 Å². The van der Waals surface area contributed by atoms with Gasteiger partial charge in [-0.3, -0.25) is 4.79 Å². The molecule has 0 aliphatic heterocycles. The third-order valence-electron chi connectivity index (χ3n) is 3.71. The Hall–Kier alpha value is -1.30. The van der Waals surface area contributed by atoms with Gasteiger partial charge in [-0.25, -0.2) is 4.39 Å². The van der Waals surface area contributed by atoms with E-state index >= 15 is 0 Å². The first-order valence-corrected chi connectivity index (χ1v) is 6.72. The van der Waals surface area contributed by atoms with Crippen LogP contribution in [-0.4, -0.2) is 23.3 Å². The van der Waals surface area contributed by atoms with E-state index < -0.39 is 23.0 Å². The summed E-state index contributed by atoms with van der Waals surface area (Å²) in [6.45, 7) is 0. The molecule has 19 heavy (non-hydrogen) atoms. The Balaban J connectivity index is 2.73. The average molecular weight is 333 g/mol. The minimum atomic E-state index is -1.13. The van der Waals surface area contributed by atoms with Gasteiger partial charge in [-0.05, 0) is 18.9 Å². The number of phenols is 1. The second-order valence-electron chi connectivity index (χ2n) is 4.69. The zero-order valence-corrected chi connectivity index (χ0v) is 12.0. The van der Waals surface area contributed by atoms with Crippen molar-refractivity contribution in [1.29, 1.82) is 0 Å². The Morgan fingerprint density at radius 3 is 2.53 bits per heavy atom. The number of hydrogen-bond acceptors (Lipinski definition) is 3. The molecule has 1 fully saturated rings. The topological polar surface area (TPSA) is 66.8 Å². The number of benzene rings is 1. The summed E-state index contributed by atoms with van der Waals surface area (Å²) < 4.78 is 18.9. The number of phenolic OH excluding ortho intramolecular Hbond substituents is 1. The largest absolute Gasteiger partial charge is 0.502 e. The molecule has 0 aromatic heterocycles. The highest BCUT2D eigenvalue weighted by Crippen LogP contribution is 2.51. The van der Waals surface area contributed by atoms with Gasteiger partial charge >= 0.3 is 5.97 Å². The van der Waals surface area contributed by atoms with Gasteiger partial charge in [0.1, 0.15) is 0 Å². The zero-order chi connectivity index (χ0) is 14.2. The van der Waals surface area contributed by atoms with Crippen LogP contribution in [0.4, 0.5) is 4.39 Å². The second-order valence-corrected chi connectivity index (χ2v) is 5.55. The molecule has 4 nitrogen and oxygen atoms in total. The van der Waals surface area contributed by atoms with Crippen LogP contribution in [-0.2, 0) is 10.2 Å². The molecule has 0 atom stereocenters. The minimum Gasteiger partial charge on any atom is -0.502 e. The summed E-state index contributed by atoms with van der Waals surface area (Å²) in [5, 5.41) is 19.3. The Labute approximate surface area is 118 Å². The van der Waals surface area contributed by atoms with Crippen LogP contribution in [0.3, 0.4) is 0 Å². The van der Waals surface area contributed by atoms with Crippen LogP contribution >= 0.6 is 15.9 Å². The molecule has 0 bridgehead atoms. The lowest BCUT2D eigenvalue weighted by Gasteiger charge is -2.28. The van der Waals surface area contributed by atoms with Crippen LogP contribution < -0.4 is 4.74 Å². The van der Waals surface area contributed by atoms with Crippen molar-refractivity contribution in [2.75, 3.05) is 7.11 Å². The van der Waals surface area contributed by atoms with Crippen molar-refractivity contribution in [3.63, 3.8) is 0 Å². The molecule has 1 saturated carbocycles. The number of aliphatic carboxylic acids is 1. The Bertz CT molecular complexity index is 524. The van der Waals surface area contributed by atoms with Gasteiger partial charge in [0.2, 0.25) is 0 Å². The fourth-order valence-electron chi connectivity index (χ4n) is 2.78.